The van der Waals surface area contributed by atoms with Crippen LogP contribution < -0.4 is 5.30 Å². The van der Waals surface area contributed by atoms with Crippen LogP contribution in [0.1, 0.15) is 140 Å². The summed E-state index contributed by atoms with van der Waals surface area (Å²) in [4.78, 5) is 2.60. The fraction of sp³-hybridized carbons (Fsp3) is 0.628. The number of hydrogen-bond acceptors (Lipinski definition) is 1. The molecule has 10 radical (unpaired) electrons. The predicted octanol–water partition coefficient (Wildman–Crippen LogP) is 12.0. The molecule has 0 saturated heterocycles. The molecule has 0 aromatic heterocycles. The Morgan fingerprint density at radius 3 is 1.34 bits per heavy atom. The quantitative estimate of drug-likeness (QED) is 0.182. The van der Waals surface area contributed by atoms with E-state index in [1.807, 2.05) is 37.8 Å². The molecule has 6 fully saturated rings. The SMILES string of the molecule is CN(C)[C@@H]([C]1[CH][CH][CH][C]1P(C1CCCCC1)C1CCCCC1)c1ccccc1P(C1CCCCC1)C1CCCCC1.[CH]1[CH][CH][CH][CH]1.[Fe+2]. The van der Waals surface area contributed by atoms with Gasteiger partial charge in [0.15, 0.2) is 0 Å². The van der Waals surface area contributed by atoms with Gasteiger partial charge in [-0.15, -0.1) is 0 Å². The summed E-state index contributed by atoms with van der Waals surface area (Å²) >= 11 is 0. The third kappa shape index (κ3) is 10.3. The van der Waals surface area contributed by atoms with Crippen molar-refractivity contribution < 1.29 is 17.1 Å². The Morgan fingerprint density at radius 2 is 0.915 bits per heavy atom. The van der Waals surface area contributed by atoms with Gasteiger partial charge in [-0.2, -0.15) is 0 Å². The van der Waals surface area contributed by atoms with Crippen LogP contribution in [-0.2, 0) is 17.1 Å². The molecule has 0 amide bonds. The van der Waals surface area contributed by atoms with Crippen LogP contribution in [-0.4, -0.2) is 41.6 Å². The number of hydrogen-bond donors (Lipinski definition) is 0. The summed E-state index contributed by atoms with van der Waals surface area (Å²) in [5, 5.41) is 1.80. The van der Waals surface area contributed by atoms with Gasteiger partial charge in [-0.1, -0.05) is 117 Å². The van der Waals surface area contributed by atoms with Crippen molar-refractivity contribution >= 4 is 21.1 Å². The molecule has 0 aliphatic heterocycles. The Bertz CT molecular complexity index is 944. The Morgan fingerprint density at radius 1 is 0.511 bits per heavy atom. The zero-order valence-electron chi connectivity index (χ0n) is 29.7. The molecule has 1 aromatic rings. The molecule has 0 bridgehead atoms. The Labute approximate surface area is 305 Å². The Kier molecular flexibility index (Phi) is 17.0. The smallest absolute Gasteiger partial charge is 0.302 e. The number of benzene rings is 1. The first-order valence-electron chi connectivity index (χ1n) is 19.5. The Hall–Kier alpha value is 0.559. The third-order valence-electron chi connectivity index (χ3n) is 11.9. The van der Waals surface area contributed by atoms with Gasteiger partial charge < -0.3 is 4.90 Å². The molecule has 0 heterocycles. The van der Waals surface area contributed by atoms with Gasteiger partial charge in [0.25, 0.3) is 0 Å². The van der Waals surface area contributed by atoms with E-state index in [-0.39, 0.29) is 32.9 Å². The van der Waals surface area contributed by atoms with Crippen LogP contribution in [0.5, 0.6) is 0 Å². The minimum absolute atomic E-state index is 0. The van der Waals surface area contributed by atoms with Gasteiger partial charge in [-0.05, 0) is 150 Å². The molecule has 1 nitrogen and oxygen atoms in total. The van der Waals surface area contributed by atoms with Crippen molar-refractivity contribution in [2.45, 2.75) is 157 Å². The first-order valence-corrected chi connectivity index (χ1v) is 22.4. The van der Waals surface area contributed by atoms with Crippen LogP contribution in [0.4, 0.5) is 0 Å². The first kappa shape index (κ1) is 38.8. The zero-order valence-corrected chi connectivity index (χ0v) is 32.5. The maximum absolute atomic E-state index is 2.62. The van der Waals surface area contributed by atoms with E-state index in [4.69, 9.17) is 0 Å². The van der Waals surface area contributed by atoms with Gasteiger partial charge in [-0.25, -0.2) is 0 Å². The molecule has 6 aliphatic carbocycles. The maximum Gasteiger partial charge on any atom is 2.00 e. The van der Waals surface area contributed by atoms with E-state index >= 15 is 0 Å². The Balaban J connectivity index is 0.000000662. The molecule has 47 heavy (non-hydrogen) atoms. The normalized spacial score (nSPS) is 25.6. The summed E-state index contributed by atoms with van der Waals surface area (Å²) in [6.07, 6.45) is 47.2. The average molecular weight is 712 g/mol. The molecule has 0 unspecified atom stereocenters. The molecule has 0 N–H and O–H groups in total. The van der Waals surface area contributed by atoms with Crippen molar-refractivity contribution in [2.75, 3.05) is 14.1 Å². The van der Waals surface area contributed by atoms with E-state index in [1.54, 1.807) is 16.8 Å². The van der Waals surface area contributed by atoms with Crippen LogP contribution in [0.25, 0.3) is 0 Å². The van der Waals surface area contributed by atoms with Gasteiger partial charge >= 0.3 is 17.1 Å². The summed E-state index contributed by atoms with van der Waals surface area (Å²) in [6, 6.07) is 10.4. The van der Waals surface area contributed by atoms with Crippen LogP contribution >= 0.6 is 15.8 Å². The van der Waals surface area contributed by atoms with Crippen molar-refractivity contribution in [3.63, 3.8) is 0 Å². The van der Waals surface area contributed by atoms with Gasteiger partial charge in [0.05, 0.1) is 0 Å². The molecular formula is C43H63FeNP2+2. The molecule has 4 heteroatoms. The van der Waals surface area contributed by atoms with E-state index in [2.05, 4.69) is 62.5 Å². The van der Waals surface area contributed by atoms with E-state index < -0.39 is 0 Å². The standard InChI is InChI=1S/C38H58NP2.C5H5.Fe/c1-39(2)38(35-27-17-29-37(35)41(32-22-11-5-12-23-32)33-24-13-6-14-25-33)34-26-15-16-28-36(34)40(30-18-7-3-8-19-30)31-20-9-4-10-21-31;1-2-4-5-3-1;/h15-17,26-33,38H,3-14,18-25H2,1-2H3;1-5H;/q;;+2/t38-;;/m1../s1. The van der Waals surface area contributed by atoms with Gasteiger partial charge in [0.2, 0.25) is 0 Å². The summed E-state index contributed by atoms with van der Waals surface area (Å²) in [7, 11) is 4.55. The molecule has 1 aromatic carbocycles. The second-order valence-corrected chi connectivity index (χ2v) is 20.7. The van der Waals surface area contributed by atoms with Crippen LogP contribution in [0.15, 0.2) is 24.3 Å². The monoisotopic (exact) mass is 711 g/mol. The van der Waals surface area contributed by atoms with Crippen LogP contribution in [0.3, 0.4) is 0 Å². The molecule has 0 spiro atoms. The van der Waals surface area contributed by atoms with E-state index in [9.17, 15) is 0 Å². The van der Waals surface area contributed by atoms with Gasteiger partial charge in [0.1, 0.15) is 0 Å². The van der Waals surface area contributed by atoms with Crippen molar-refractivity contribution in [2.24, 2.45) is 0 Å². The van der Waals surface area contributed by atoms with Crippen molar-refractivity contribution in [1.82, 2.24) is 4.90 Å². The molecule has 6 aliphatic rings. The maximum atomic E-state index is 2.62. The third-order valence-corrected chi connectivity index (χ3v) is 19.0. The summed E-state index contributed by atoms with van der Waals surface area (Å²) in [6.45, 7) is 0. The first-order chi connectivity index (χ1) is 22.7. The second-order valence-electron chi connectivity index (χ2n) is 15.2. The molecule has 7 rings (SSSR count). The minimum atomic E-state index is -0.117. The van der Waals surface area contributed by atoms with Crippen LogP contribution in [0, 0.1) is 62.9 Å². The van der Waals surface area contributed by atoms with E-state index in [1.165, 1.54) is 128 Å². The molecule has 256 valence electrons. The predicted molar refractivity (Wildman–Crippen MR) is 205 cm³/mol. The molecule has 6 saturated carbocycles. The summed E-state index contributed by atoms with van der Waals surface area (Å²) < 4.78 is 0. The molecule has 1 atom stereocenters. The number of nitrogens with zero attached hydrogens (tertiary/aromatic N) is 1. The minimum Gasteiger partial charge on any atom is -0.302 e. The second kappa shape index (κ2) is 20.6. The fourth-order valence-electron chi connectivity index (χ4n) is 9.71. The van der Waals surface area contributed by atoms with Gasteiger partial charge in [0, 0.05) is 17.6 Å². The topological polar surface area (TPSA) is 3.24 Å². The van der Waals surface area contributed by atoms with Crippen molar-refractivity contribution in [3.05, 3.63) is 92.8 Å². The zero-order chi connectivity index (χ0) is 31.6. The van der Waals surface area contributed by atoms with Crippen molar-refractivity contribution in [3.8, 4) is 0 Å². The summed E-state index contributed by atoms with van der Waals surface area (Å²) in [5.74, 6) is 1.69. The largest absolute Gasteiger partial charge is 2.00 e. The van der Waals surface area contributed by atoms with E-state index in [0.717, 1.165) is 22.6 Å². The van der Waals surface area contributed by atoms with Crippen LogP contribution in [0.2, 0.25) is 0 Å². The summed E-state index contributed by atoms with van der Waals surface area (Å²) in [5.41, 5.74) is 7.31. The van der Waals surface area contributed by atoms with Gasteiger partial charge in [-0.3, -0.25) is 0 Å². The number of rotatable bonds is 9. The average Bonchev–Trinajstić information content (AvgIpc) is 3.85. The fourth-order valence-corrected chi connectivity index (χ4v) is 17.7. The molecular weight excluding hydrogens is 648 g/mol. The van der Waals surface area contributed by atoms with E-state index in [0.29, 0.717) is 6.04 Å². The van der Waals surface area contributed by atoms with Crippen molar-refractivity contribution in [1.29, 1.82) is 0 Å².